The van der Waals surface area contributed by atoms with E-state index in [1.54, 1.807) is 7.11 Å². The van der Waals surface area contributed by atoms with E-state index >= 15 is 0 Å². The lowest BCUT2D eigenvalue weighted by molar-refractivity contribution is -0.119. The van der Waals surface area contributed by atoms with Gasteiger partial charge in [0.2, 0.25) is 5.91 Å². The first-order chi connectivity index (χ1) is 12.0. The molecule has 0 saturated carbocycles. The fourth-order valence-electron chi connectivity index (χ4n) is 3.41. The van der Waals surface area contributed by atoms with Gasteiger partial charge in [-0.2, -0.15) is 0 Å². The van der Waals surface area contributed by atoms with Crippen LogP contribution in [-0.2, 0) is 11.8 Å². The summed E-state index contributed by atoms with van der Waals surface area (Å²) in [5.41, 5.74) is 1.73. The third-order valence-corrected chi connectivity index (χ3v) is 4.70. The van der Waals surface area contributed by atoms with Gasteiger partial charge in [0, 0.05) is 39.2 Å². The van der Waals surface area contributed by atoms with Gasteiger partial charge in [0.25, 0.3) is 5.91 Å². The van der Waals surface area contributed by atoms with E-state index in [0.717, 1.165) is 11.3 Å². The number of rotatable bonds is 4. The molecular weight excluding hydrogens is 318 g/mol. The smallest absolute Gasteiger partial charge is 0.270 e. The lowest BCUT2D eigenvalue weighted by Crippen LogP contribution is -2.39. The number of carbonyl (C=O) groups is 2. The Kier molecular flexibility index (Phi) is 4.79. The number of nitrogens with zero attached hydrogens (tertiary/aromatic N) is 2. The number of carbonyl (C=O) groups excluding carboxylic acids is 2. The number of ether oxygens (including phenoxy) is 1. The Labute approximate surface area is 147 Å². The first-order valence-corrected chi connectivity index (χ1v) is 8.31. The topological polar surface area (TPSA) is 63.6 Å². The molecule has 1 aliphatic rings. The van der Waals surface area contributed by atoms with Crippen LogP contribution in [0.3, 0.4) is 0 Å². The molecule has 6 heteroatoms. The van der Waals surface area contributed by atoms with Crippen LogP contribution in [0.4, 0.5) is 0 Å². The standard InChI is InChI=1S/C19H23N3O3/c1-13(23)20-17-12-22(19(24)18-5-4-10-21(18)2)11-16(17)14-6-8-15(25-3)9-7-14/h4-10,16-17H,11-12H2,1-3H3,(H,20,23). The van der Waals surface area contributed by atoms with E-state index in [-0.39, 0.29) is 23.8 Å². The van der Waals surface area contributed by atoms with Crippen LogP contribution in [0.1, 0.15) is 28.9 Å². The molecule has 2 unspecified atom stereocenters. The zero-order chi connectivity index (χ0) is 18.0. The molecule has 0 bridgehead atoms. The van der Waals surface area contributed by atoms with Gasteiger partial charge in [0.05, 0.1) is 13.2 Å². The highest BCUT2D eigenvalue weighted by atomic mass is 16.5. The van der Waals surface area contributed by atoms with Crippen LogP contribution < -0.4 is 10.1 Å². The molecule has 1 fully saturated rings. The normalized spacial score (nSPS) is 19.7. The van der Waals surface area contributed by atoms with Crippen molar-refractivity contribution in [2.75, 3.05) is 20.2 Å². The van der Waals surface area contributed by atoms with Gasteiger partial charge in [-0.3, -0.25) is 9.59 Å². The zero-order valence-corrected chi connectivity index (χ0v) is 14.7. The van der Waals surface area contributed by atoms with Crippen molar-refractivity contribution in [2.24, 2.45) is 7.05 Å². The molecular formula is C19H23N3O3. The fraction of sp³-hybridized carbons (Fsp3) is 0.368. The second-order valence-corrected chi connectivity index (χ2v) is 6.40. The minimum Gasteiger partial charge on any atom is -0.497 e. The molecule has 2 heterocycles. The van der Waals surface area contributed by atoms with Crippen molar-refractivity contribution >= 4 is 11.8 Å². The van der Waals surface area contributed by atoms with Crippen molar-refractivity contribution < 1.29 is 14.3 Å². The molecule has 0 spiro atoms. The second-order valence-electron chi connectivity index (χ2n) is 6.40. The van der Waals surface area contributed by atoms with Crippen LogP contribution in [0.5, 0.6) is 5.75 Å². The fourth-order valence-corrected chi connectivity index (χ4v) is 3.41. The largest absolute Gasteiger partial charge is 0.497 e. The minimum absolute atomic E-state index is 0.0149. The number of aromatic nitrogens is 1. The molecule has 25 heavy (non-hydrogen) atoms. The molecule has 2 amide bonds. The van der Waals surface area contributed by atoms with Crippen molar-refractivity contribution in [2.45, 2.75) is 18.9 Å². The number of hydrogen-bond donors (Lipinski definition) is 1. The van der Waals surface area contributed by atoms with Crippen molar-refractivity contribution in [3.63, 3.8) is 0 Å². The third-order valence-electron chi connectivity index (χ3n) is 4.70. The number of amides is 2. The maximum absolute atomic E-state index is 12.8. The van der Waals surface area contributed by atoms with Gasteiger partial charge >= 0.3 is 0 Å². The predicted molar refractivity (Wildman–Crippen MR) is 94.7 cm³/mol. The number of nitrogens with one attached hydrogen (secondary N) is 1. The zero-order valence-electron chi connectivity index (χ0n) is 14.7. The summed E-state index contributed by atoms with van der Waals surface area (Å²) in [5, 5.41) is 2.99. The summed E-state index contributed by atoms with van der Waals surface area (Å²) in [6.45, 7) is 2.58. The molecule has 1 aromatic heterocycles. The molecule has 3 rings (SSSR count). The van der Waals surface area contributed by atoms with Crippen LogP contribution in [0.25, 0.3) is 0 Å². The molecule has 1 saturated heterocycles. The van der Waals surface area contributed by atoms with E-state index in [9.17, 15) is 9.59 Å². The number of benzene rings is 1. The van der Waals surface area contributed by atoms with Gasteiger partial charge in [-0.15, -0.1) is 0 Å². The molecule has 1 aliphatic heterocycles. The number of hydrogen-bond acceptors (Lipinski definition) is 3. The van der Waals surface area contributed by atoms with Crippen molar-refractivity contribution in [1.29, 1.82) is 0 Å². The van der Waals surface area contributed by atoms with E-state index in [1.165, 1.54) is 6.92 Å². The maximum Gasteiger partial charge on any atom is 0.270 e. The highest BCUT2D eigenvalue weighted by molar-refractivity contribution is 5.93. The second kappa shape index (κ2) is 7.01. The van der Waals surface area contributed by atoms with Gasteiger partial charge in [0.1, 0.15) is 11.4 Å². The van der Waals surface area contributed by atoms with E-state index in [4.69, 9.17) is 4.74 Å². The first kappa shape index (κ1) is 17.1. The Morgan fingerprint density at radius 3 is 2.44 bits per heavy atom. The van der Waals surface area contributed by atoms with Crippen molar-refractivity contribution in [1.82, 2.24) is 14.8 Å². The molecule has 0 radical (unpaired) electrons. The number of aryl methyl sites for hydroxylation is 1. The van der Waals surface area contributed by atoms with Crippen LogP contribution >= 0.6 is 0 Å². The van der Waals surface area contributed by atoms with Gasteiger partial charge < -0.3 is 19.5 Å². The number of methoxy groups -OCH3 is 1. The number of likely N-dealkylation sites (tertiary alicyclic amines) is 1. The summed E-state index contributed by atoms with van der Waals surface area (Å²) >= 11 is 0. The first-order valence-electron chi connectivity index (χ1n) is 8.31. The van der Waals surface area contributed by atoms with E-state index < -0.39 is 0 Å². The minimum atomic E-state index is -0.102. The summed E-state index contributed by atoms with van der Waals surface area (Å²) in [6.07, 6.45) is 1.86. The van der Waals surface area contributed by atoms with Crippen LogP contribution in [0.15, 0.2) is 42.6 Å². The molecule has 2 atom stereocenters. The van der Waals surface area contributed by atoms with E-state index in [0.29, 0.717) is 18.8 Å². The molecule has 2 aromatic rings. The van der Waals surface area contributed by atoms with Crippen LogP contribution in [0, 0.1) is 0 Å². The third kappa shape index (κ3) is 3.52. The summed E-state index contributed by atoms with van der Waals surface area (Å²) in [7, 11) is 3.49. The molecule has 6 nitrogen and oxygen atoms in total. The Bertz CT molecular complexity index is 766. The van der Waals surface area contributed by atoms with Gasteiger partial charge in [-0.05, 0) is 29.8 Å². The summed E-state index contributed by atoms with van der Waals surface area (Å²) in [6, 6.07) is 11.4. The van der Waals surface area contributed by atoms with Gasteiger partial charge in [-0.25, -0.2) is 0 Å². The van der Waals surface area contributed by atoms with Gasteiger partial charge in [0.15, 0.2) is 0 Å². The lowest BCUT2D eigenvalue weighted by atomic mass is 9.94. The summed E-state index contributed by atoms with van der Waals surface area (Å²) in [4.78, 5) is 26.2. The summed E-state index contributed by atoms with van der Waals surface area (Å²) < 4.78 is 7.02. The van der Waals surface area contributed by atoms with Crippen LogP contribution in [-0.4, -0.2) is 47.5 Å². The monoisotopic (exact) mass is 341 g/mol. The Balaban J connectivity index is 1.84. The Hall–Kier alpha value is -2.76. The maximum atomic E-state index is 12.8. The Morgan fingerprint density at radius 1 is 1.16 bits per heavy atom. The van der Waals surface area contributed by atoms with Crippen molar-refractivity contribution in [3.05, 3.63) is 53.9 Å². The average Bonchev–Trinajstić information content (AvgIpc) is 3.20. The van der Waals surface area contributed by atoms with E-state index in [2.05, 4.69) is 5.32 Å². The SMILES string of the molecule is COc1ccc(C2CN(C(=O)c3cccn3C)CC2NC(C)=O)cc1. The van der Waals surface area contributed by atoms with Crippen molar-refractivity contribution in [3.8, 4) is 5.75 Å². The predicted octanol–water partition coefficient (Wildman–Crippen LogP) is 1.78. The highest BCUT2D eigenvalue weighted by Gasteiger charge is 2.37. The quantitative estimate of drug-likeness (QED) is 0.922. The molecule has 0 aliphatic carbocycles. The molecule has 132 valence electrons. The highest BCUT2D eigenvalue weighted by Crippen LogP contribution is 2.30. The van der Waals surface area contributed by atoms with Gasteiger partial charge in [-0.1, -0.05) is 12.1 Å². The summed E-state index contributed by atoms with van der Waals surface area (Å²) in [5.74, 6) is 0.740. The van der Waals surface area contributed by atoms with Crippen LogP contribution in [0.2, 0.25) is 0 Å². The Morgan fingerprint density at radius 2 is 1.88 bits per heavy atom. The lowest BCUT2D eigenvalue weighted by Gasteiger charge is -2.19. The average molecular weight is 341 g/mol. The molecule has 1 N–H and O–H groups in total. The molecule has 1 aromatic carbocycles. The van der Waals surface area contributed by atoms with E-state index in [1.807, 2.05) is 59.1 Å².